The van der Waals surface area contributed by atoms with E-state index in [9.17, 15) is 4.39 Å². The lowest BCUT2D eigenvalue weighted by molar-refractivity contribution is 0.584. The number of anilines is 1. The second-order valence-corrected chi connectivity index (χ2v) is 4.62. The summed E-state index contributed by atoms with van der Waals surface area (Å²) in [5.74, 6) is 0.238. The zero-order valence-electron chi connectivity index (χ0n) is 12.0. The van der Waals surface area contributed by atoms with Crippen LogP contribution in [0.15, 0.2) is 49.1 Å². The van der Waals surface area contributed by atoms with Gasteiger partial charge in [-0.3, -0.25) is 4.98 Å². The molecule has 3 rings (SSSR count). The molecule has 0 aromatic carbocycles. The van der Waals surface area contributed by atoms with Gasteiger partial charge in [0.1, 0.15) is 12.1 Å². The van der Waals surface area contributed by atoms with Crippen molar-refractivity contribution in [3.05, 3.63) is 55.0 Å². The van der Waals surface area contributed by atoms with Gasteiger partial charge in [0.05, 0.1) is 11.4 Å². The molecule has 0 saturated heterocycles. The molecule has 0 amide bonds. The van der Waals surface area contributed by atoms with Crippen LogP contribution >= 0.6 is 0 Å². The molecule has 0 aliphatic rings. The van der Waals surface area contributed by atoms with Crippen molar-refractivity contribution in [1.29, 1.82) is 0 Å². The van der Waals surface area contributed by atoms with Crippen LogP contribution in [-0.4, -0.2) is 26.5 Å². The molecule has 0 atom stereocenters. The smallest absolute Gasteiger partial charge is 0.213 e. The fourth-order valence-corrected chi connectivity index (χ4v) is 2.10. The average molecular weight is 295 g/mol. The topological polar surface area (TPSA) is 63.6 Å². The lowest BCUT2D eigenvalue weighted by Crippen LogP contribution is -2.00. The Morgan fingerprint density at radius 1 is 0.909 bits per heavy atom. The molecule has 3 aromatic rings. The van der Waals surface area contributed by atoms with Crippen LogP contribution in [0, 0.1) is 5.95 Å². The molecule has 110 valence electrons. The number of rotatable bonds is 4. The van der Waals surface area contributed by atoms with Gasteiger partial charge in [-0.05, 0) is 25.1 Å². The third-order valence-electron chi connectivity index (χ3n) is 3.10. The van der Waals surface area contributed by atoms with E-state index in [-0.39, 0.29) is 0 Å². The molecular formula is C16H14FN5. The first-order chi connectivity index (χ1) is 10.8. The van der Waals surface area contributed by atoms with Crippen LogP contribution in [-0.2, 0) is 0 Å². The largest absolute Gasteiger partial charge is 0.370 e. The molecule has 0 spiro atoms. The number of pyridine rings is 2. The Kier molecular flexibility index (Phi) is 4.00. The second kappa shape index (κ2) is 6.26. The maximum absolute atomic E-state index is 13.2. The van der Waals surface area contributed by atoms with Crippen LogP contribution in [0.3, 0.4) is 0 Å². The van der Waals surface area contributed by atoms with Crippen LogP contribution in [0.5, 0.6) is 0 Å². The van der Waals surface area contributed by atoms with Crippen LogP contribution in [0.2, 0.25) is 0 Å². The van der Waals surface area contributed by atoms with E-state index in [0.29, 0.717) is 11.3 Å². The van der Waals surface area contributed by atoms with Crippen molar-refractivity contribution < 1.29 is 4.39 Å². The molecule has 6 heteroatoms. The van der Waals surface area contributed by atoms with Crippen LogP contribution < -0.4 is 5.32 Å². The van der Waals surface area contributed by atoms with Crippen molar-refractivity contribution in [1.82, 2.24) is 19.9 Å². The van der Waals surface area contributed by atoms with Crippen molar-refractivity contribution in [3.63, 3.8) is 0 Å². The number of nitrogens with one attached hydrogen (secondary N) is 1. The van der Waals surface area contributed by atoms with Gasteiger partial charge in [-0.25, -0.2) is 15.0 Å². The number of aromatic nitrogens is 4. The molecule has 0 unspecified atom stereocenters. The molecule has 0 radical (unpaired) electrons. The molecule has 0 bridgehead atoms. The van der Waals surface area contributed by atoms with E-state index >= 15 is 0 Å². The molecule has 5 nitrogen and oxygen atoms in total. The summed E-state index contributed by atoms with van der Waals surface area (Å²) in [6.45, 7) is 2.79. The summed E-state index contributed by atoms with van der Waals surface area (Å²) in [5.41, 5.74) is 3.02. The van der Waals surface area contributed by atoms with Gasteiger partial charge >= 0.3 is 0 Å². The van der Waals surface area contributed by atoms with E-state index in [1.807, 2.05) is 25.1 Å². The predicted octanol–water partition coefficient (Wildman–Crippen LogP) is 3.17. The van der Waals surface area contributed by atoms with Gasteiger partial charge in [0.2, 0.25) is 5.95 Å². The van der Waals surface area contributed by atoms with Crippen LogP contribution in [0.1, 0.15) is 6.92 Å². The lowest BCUT2D eigenvalue weighted by atomic mass is 10.1. The third kappa shape index (κ3) is 3.06. The molecule has 3 heterocycles. The summed E-state index contributed by atoms with van der Waals surface area (Å²) in [6.07, 6.45) is 4.62. The average Bonchev–Trinajstić information content (AvgIpc) is 2.56. The highest BCUT2D eigenvalue weighted by Gasteiger charge is 2.06. The highest BCUT2D eigenvalue weighted by atomic mass is 19.1. The third-order valence-corrected chi connectivity index (χ3v) is 3.10. The highest BCUT2D eigenvalue weighted by Crippen LogP contribution is 2.24. The SMILES string of the molecule is CCNc1cc(-c2ccnc(-c3ccnc(F)c3)c2)ncn1. The standard InChI is InChI=1S/C16H14FN5/c1-2-18-16-9-14(21-10-22-16)11-3-5-19-13(7-11)12-4-6-20-15(17)8-12/h3-10H,2H2,1H3,(H,18,21,22). The summed E-state index contributed by atoms with van der Waals surface area (Å²) < 4.78 is 13.2. The van der Waals surface area contributed by atoms with Crippen molar-refractivity contribution >= 4 is 5.82 Å². The normalized spacial score (nSPS) is 10.5. The molecule has 0 saturated carbocycles. The van der Waals surface area contributed by atoms with Gasteiger partial charge < -0.3 is 5.32 Å². The van der Waals surface area contributed by atoms with Crippen molar-refractivity contribution in [2.75, 3.05) is 11.9 Å². The summed E-state index contributed by atoms with van der Waals surface area (Å²) >= 11 is 0. The summed E-state index contributed by atoms with van der Waals surface area (Å²) in [6, 6.07) is 8.68. The number of hydrogen-bond acceptors (Lipinski definition) is 5. The summed E-state index contributed by atoms with van der Waals surface area (Å²) in [7, 11) is 0. The Balaban J connectivity index is 1.99. The van der Waals surface area contributed by atoms with E-state index < -0.39 is 5.95 Å². The maximum atomic E-state index is 13.2. The van der Waals surface area contributed by atoms with Crippen molar-refractivity contribution in [3.8, 4) is 22.5 Å². The summed E-state index contributed by atoms with van der Waals surface area (Å²) in [5, 5.41) is 3.15. The quantitative estimate of drug-likeness (QED) is 0.749. The Morgan fingerprint density at radius 3 is 2.41 bits per heavy atom. The minimum Gasteiger partial charge on any atom is -0.370 e. The highest BCUT2D eigenvalue weighted by molar-refractivity contribution is 5.69. The minimum atomic E-state index is -0.527. The fraction of sp³-hybridized carbons (Fsp3) is 0.125. The molecule has 0 fully saturated rings. The predicted molar refractivity (Wildman–Crippen MR) is 82.6 cm³/mol. The van der Waals surface area contributed by atoms with Crippen LogP contribution in [0.4, 0.5) is 10.2 Å². The Hall–Kier alpha value is -2.89. The van der Waals surface area contributed by atoms with Crippen molar-refractivity contribution in [2.24, 2.45) is 0 Å². The molecule has 22 heavy (non-hydrogen) atoms. The lowest BCUT2D eigenvalue weighted by Gasteiger charge is -2.06. The Labute approximate surface area is 127 Å². The zero-order chi connectivity index (χ0) is 15.4. The van der Waals surface area contributed by atoms with Crippen molar-refractivity contribution in [2.45, 2.75) is 6.92 Å². The van der Waals surface area contributed by atoms with Gasteiger partial charge in [0.25, 0.3) is 0 Å². The first kappa shape index (κ1) is 14.1. The summed E-state index contributed by atoms with van der Waals surface area (Å²) in [4.78, 5) is 16.3. The first-order valence-corrected chi connectivity index (χ1v) is 6.90. The second-order valence-electron chi connectivity index (χ2n) is 4.62. The van der Waals surface area contributed by atoms with E-state index in [0.717, 1.165) is 23.6 Å². The molecular weight excluding hydrogens is 281 g/mol. The number of halogens is 1. The first-order valence-electron chi connectivity index (χ1n) is 6.90. The number of hydrogen-bond donors (Lipinski definition) is 1. The number of nitrogens with zero attached hydrogens (tertiary/aromatic N) is 4. The van der Waals surface area contributed by atoms with Gasteiger partial charge in [0, 0.05) is 42.2 Å². The zero-order valence-corrected chi connectivity index (χ0v) is 12.0. The molecule has 0 aliphatic heterocycles. The molecule has 1 N–H and O–H groups in total. The molecule has 0 aliphatic carbocycles. The van der Waals surface area contributed by atoms with E-state index in [1.54, 1.807) is 12.3 Å². The fourth-order valence-electron chi connectivity index (χ4n) is 2.10. The minimum absolute atomic E-state index is 0.527. The monoisotopic (exact) mass is 295 g/mol. The van der Waals surface area contributed by atoms with E-state index in [2.05, 4.69) is 25.3 Å². The van der Waals surface area contributed by atoms with E-state index in [4.69, 9.17) is 0 Å². The van der Waals surface area contributed by atoms with Crippen LogP contribution in [0.25, 0.3) is 22.5 Å². The van der Waals surface area contributed by atoms with Gasteiger partial charge in [0.15, 0.2) is 0 Å². The van der Waals surface area contributed by atoms with E-state index in [1.165, 1.54) is 18.6 Å². The molecule has 3 aromatic heterocycles. The van der Waals surface area contributed by atoms with Gasteiger partial charge in [-0.15, -0.1) is 0 Å². The maximum Gasteiger partial charge on any atom is 0.213 e. The van der Waals surface area contributed by atoms with Gasteiger partial charge in [-0.2, -0.15) is 4.39 Å². The Bertz CT molecular complexity index is 791. The van der Waals surface area contributed by atoms with Gasteiger partial charge in [-0.1, -0.05) is 0 Å². The Morgan fingerprint density at radius 2 is 1.64 bits per heavy atom.